The molecular formula is C20H34IN5O. The number of anilines is 1. The van der Waals surface area contributed by atoms with Crippen LogP contribution in [0.3, 0.4) is 0 Å². The normalized spacial score (nSPS) is 20.3. The van der Waals surface area contributed by atoms with E-state index in [1.807, 2.05) is 6.20 Å². The Morgan fingerprint density at radius 2 is 2.19 bits per heavy atom. The first-order valence-electron chi connectivity index (χ1n) is 10.0. The maximum Gasteiger partial charge on any atom is 0.193 e. The summed E-state index contributed by atoms with van der Waals surface area (Å²) in [6, 6.07) is 4.27. The molecule has 152 valence electrons. The number of guanidine groups is 1. The summed E-state index contributed by atoms with van der Waals surface area (Å²) in [4.78, 5) is 14.1. The van der Waals surface area contributed by atoms with E-state index in [0.29, 0.717) is 12.5 Å². The Balaban J connectivity index is 0.00000261. The van der Waals surface area contributed by atoms with Gasteiger partial charge in [0.05, 0.1) is 13.2 Å². The summed E-state index contributed by atoms with van der Waals surface area (Å²) in [7, 11) is 2.12. The van der Waals surface area contributed by atoms with Crippen molar-refractivity contribution in [1.82, 2.24) is 15.2 Å². The lowest BCUT2D eigenvalue weighted by molar-refractivity contribution is 0.181. The Labute approximate surface area is 180 Å². The van der Waals surface area contributed by atoms with Crippen LogP contribution >= 0.6 is 24.0 Å². The van der Waals surface area contributed by atoms with Gasteiger partial charge in [-0.3, -0.25) is 0 Å². The molecule has 6 nitrogen and oxygen atoms in total. The summed E-state index contributed by atoms with van der Waals surface area (Å²) in [6.07, 6.45) is 6.94. The SMILES string of the molecule is CCNC(=NCc1ccnc(N2CCCCC2)c1)N(C)CC1CCOC1.I. The van der Waals surface area contributed by atoms with Gasteiger partial charge in [0.2, 0.25) is 0 Å². The third kappa shape index (κ3) is 6.78. The standard InChI is InChI=1S/C20H33N5O.HI/c1-3-21-20(24(2)15-18-8-12-26-16-18)23-14-17-7-9-22-19(13-17)25-10-5-4-6-11-25;/h7,9,13,18H,3-6,8,10-12,14-16H2,1-2H3,(H,21,23);1H. The molecule has 7 heteroatoms. The zero-order valence-electron chi connectivity index (χ0n) is 16.7. The van der Waals surface area contributed by atoms with Gasteiger partial charge in [0.25, 0.3) is 0 Å². The molecular weight excluding hydrogens is 453 g/mol. The van der Waals surface area contributed by atoms with E-state index in [1.54, 1.807) is 0 Å². The van der Waals surface area contributed by atoms with Crippen LogP contribution in [0.5, 0.6) is 0 Å². The number of rotatable bonds is 6. The van der Waals surface area contributed by atoms with Crippen LogP contribution in [0.15, 0.2) is 23.3 Å². The first kappa shape index (κ1) is 22.2. The number of aromatic nitrogens is 1. The highest BCUT2D eigenvalue weighted by molar-refractivity contribution is 14.0. The zero-order chi connectivity index (χ0) is 18.2. The molecule has 0 radical (unpaired) electrons. The zero-order valence-corrected chi connectivity index (χ0v) is 19.0. The number of nitrogens with one attached hydrogen (secondary N) is 1. The second-order valence-electron chi connectivity index (χ2n) is 7.35. The summed E-state index contributed by atoms with van der Waals surface area (Å²) < 4.78 is 5.50. The summed E-state index contributed by atoms with van der Waals surface area (Å²) in [5, 5.41) is 3.41. The number of hydrogen-bond acceptors (Lipinski definition) is 4. The molecule has 2 fully saturated rings. The smallest absolute Gasteiger partial charge is 0.193 e. The number of halogens is 1. The van der Waals surface area contributed by atoms with E-state index in [0.717, 1.165) is 57.6 Å². The number of pyridine rings is 1. The third-order valence-corrected chi connectivity index (χ3v) is 5.15. The Morgan fingerprint density at radius 3 is 2.89 bits per heavy atom. The lowest BCUT2D eigenvalue weighted by Crippen LogP contribution is -2.41. The van der Waals surface area contributed by atoms with Crippen molar-refractivity contribution in [3.8, 4) is 0 Å². The third-order valence-electron chi connectivity index (χ3n) is 5.15. The van der Waals surface area contributed by atoms with Crippen molar-refractivity contribution in [3.05, 3.63) is 23.9 Å². The van der Waals surface area contributed by atoms with Crippen molar-refractivity contribution in [2.75, 3.05) is 51.3 Å². The molecule has 1 unspecified atom stereocenters. The minimum absolute atomic E-state index is 0. The molecule has 3 heterocycles. The molecule has 3 rings (SSSR count). The maximum absolute atomic E-state index is 5.50. The van der Waals surface area contributed by atoms with Gasteiger partial charge in [0, 0.05) is 51.9 Å². The number of ether oxygens (including phenoxy) is 1. The summed E-state index contributed by atoms with van der Waals surface area (Å²) >= 11 is 0. The van der Waals surface area contributed by atoms with Crippen LogP contribution in [0.25, 0.3) is 0 Å². The Kier molecular flexibility index (Phi) is 9.61. The van der Waals surface area contributed by atoms with Crippen molar-refractivity contribution in [2.45, 2.75) is 39.2 Å². The Hall–Kier alpha value is -1.09. The average Bonchev–Trinajstić information content (AvgIpc) is 3.19. The predicted octanol–water partition coefficient (Wildman–Crippen LogP) is 3.12. The maximum atomic E-state index is 5.50. The molecule has 1 N–H and O–H groups in total. The molecule has 0 bridgehead atoms. The average molecular weight is 487 g/mol. The number of aliphatic imine (C=N–C) groups is 1. The van der Waals surface area contributed by atoms with E-state index in [2.05, 4.69) is 46.2 Å². The Morgan fingerprint density at radius 1 is 1.37 bits per heavy atom. The fourth-order valence-corrected chi connectivity index (χ4v) is 3.69. The van der Waals surface area contributed by atoms with E-state index in [1.165, 1.54) is 24.8 Å². The molecule has 0 aromatic carbocycles. The van der Waals surface area contributed by atoms with Crippen molar-refractivity contribution < 1.29 is 4.74 Å². The predicted molar refractivity (Wildman–Crippen MR) is 122 cm³/mol. The minimum atomic E-state index is 0. The molecule has 27 heavy (non-hydrogen) atoms. The molecule has 0 aliphatic carbocycles. The summed E-state index contributed by atoms with van der Waals surface area (Å²) in [6.45, 7) is 8.65. The van der Waals surface area contributed by atoms with Crippen LogP contribution in [0, 0.1) is 5.92 Å². The largest absolute Gasteiger partial charge is 0.381 e. The molecule has 2 aliphatic heterocycles. The quantitative estimate of drug-likeness (QED) is 0.380. The highest BCUT2D eigenvalue weighted by Crippen LogP contribution is 2.19. The van der Waals surface area contributed by atoms with Gasteiger partial charge in [-0.2, -0.15) is 0 Å². The second-order valence-corrected chi connectivity index (χ2v) is 7.35. The monoisotopic (exact) mass is 487 g/mol. The van der Waals surface area contributed by atoms with E-state index >= 15 is 0 Å². The van der Waals surface area contributed by atoms with Gasteiger partial charge in [-0.05, 0) is 50.3 Å². The van der Waals surface area contributed by atoms with Crippen LogP contribution in [0.2, 0.25) is 0 Å². The fraction of sp³-hybridized carbons (Fsp3) is 0.700. The molecule has 2 aliphatic rings. The number of nitrogens with zero attached hydrogens (tertiary/aromatic N) is 4. The van der Waals surface area contributed by atoms with Crippen LogP contribution in [-0.4, -0.2) is 62.3 Å². The van der Waals surface area contributed by atoms with Crippen molar-refractivity contribution in [3.63, 3.8) is 0 Å². The summed E-state index contributed by atoms with van der Waals surface area (Å²) in [5.74, 6) is 2.67. The molecule has 1 aromatic rings. The van der Waals surface area contributed by atoms with Crippen LogP contribution < -0.4 is 10.2 Å². The van der Waals surface area contributed by atoms with Crippen molar-refractivity contribution in [2.24, 2.45) is 10.9 Å². The van der Waals surface area contributed by atoms with E-state index < -0.39 is 0 Å². The second kappa shape index (κ2) is 11.7. The van der Waals surface area contributed by atoms with Gasteiger partial charge in [-0.15, -0.1) is 24.0 Å². The molecule has 2 saturated heterocycles. The highest BCUT2D eigenvalue weighted by Gasteiger charge is 2.19. The molecule has 0 spiro atoms. The van der Waals surface area contributed by atoms with E-state index in [4.69, 9.17) is 9.73 Å². The van der Waals surface area contributed by atoms with Gasteiger partial charge in [0.1, 0.15) is 5.82 Å². The lowest BCUT2D eigenvalue weighted by atomic mass is 10.1. The number of piperidine rings is 1. The van der Waals surface area contributed by atoms with Crippen molar-refractivity contribution in [1.29, 1.82) is 0 Å². The highest BCUT2D eigenvalue weighted by atomic mass is 127. The molecule has 0 amide bonds. The van der Waals surface area contributed by atoms with Gasteiger partial charge in [-0.25, -0.2) is 9.98 Å². The molecule has 0 saturated carbocycles. The van der Waals surface area contributed by atoms with E-state index in [9.17, 15) is 0 Å². The van der Waals surface area contributed by atoms with Gasteiger partial charge < -0.3 is 19.9 Å². The minimum Gasteiger partial charge on any atom is -0.381 e. The van der Waals surface area contributed by atoms with Gasteiger partial charge >= 0.3 is 0 Å². The first-order valence-corrected chi connectivity index (χ1v) is 10.0. The lowest BCUT2D eigenvalue weighted by Gasteiger charge is -2.28. The topological polar surface area (TPSA) is 53.0 Å². The van der Waals surface area contributed by atoms with Crippen LogP contribution in [0.4, 0.5) is 5.82 Å². The number of hydrogen-bond donors (Lipinski definition) is 1. The fourth-order valence-electron chi connectivity index (χ4n) is 3.69. The van der Waals surface area contributed by atoms with Crippen LogP contribution in [0.1, 0.15) is 38.2 Å². The van der Waals surface area contributed by atoms with E-state index in [-0.39, 0.29) is 24.0 Å². The molecule has 1 aromatic heterocycles. The van der Waals surface area contributed by atoms with Crippen molar-refractivity contribution >= 4 is 35.8 Å². The Bertz CT molecular complexity index is 585. The summed E-state index contributed by atoms with van der Waals surface area (Å²) in [5.41, 5.74) is 1.22. The first-order chi connectivity index (χ1) is 12.8. The van der Waals surface area contributed by atoms with Gasteiger partial charge in [0.15, 0.2) is 5.96 Å². The molecule has 1 atom stereocenters. The van der Waals surface area contributed by atoms with Gasteiger partial charge in [-0.1, -0.05) is 0 Å². The van der Waals surface area contributed by atoms with Crippen LogP contribution in [-0.2, 0) is 11.3 Å².